The Hall–Kier alpha value is -1.77. The van der Waals surface area contributed by atoms with Gasteiger partial charge < -0.3 is 14.5 Å². The summed E-state index contributed by atoms with van der Waals surface area (Å²) in [6, 6.07) is 0. The molecule has 0 aromatic carbocycles. The van der Waals surface area contributed by atoms with E-state index in [0.29, 0.717) is 23.5 Å². The van der Waals surface area contributed by atoms with Gasteiger partial charge >= 0.3 is 11.7 Å². The molecule has 0 bridgehead atoms. The van der Waals surface area contributed by atoms with Crippen molar-refractivity contribution in [3.8, 4) is 0 Å². The van der Waals surface area contributed by atoms with Crippen LogP contribution in [0.15, 0.2) is 9.59 Å². The van der Waals surface area contributed by atoms with Crippen molar-refractivity contribution >= 4 is 33.4 Å². The Balaban J connectivity index is 1.89. The molecule has 1 aromatic heterocycles. The number of rotatable bonds is 8. The minimum absolute atomic E-state index is 0.0875. The highest BCUT2D eigenvalue weighted by Gasteiger charge is 2.29. The molecule has 25 heavy (non-hydrogen) atoms. The first-order valence-electron chi connectivity index (χ1n) is 8.37. The van der Waals surface area contributed by atoms with Gasteiger partial charge in [0.25, 0.3) is 5.56 Å². The number of alkyl halides is 1. The van der Waals surface area contributed by atoms with Crippen molar-refractivity contribution in [2.75, 3.05) is 35.4 Å². The number of ether oxygens (including phenoxy) is 1. The van der Waals surface area contributed by atoms with Crippen molar-refractivity contribution in [3.05, 3.63) is 20.8 Å². The van der Waals surface area contributed by atoms with Crippen LogP contribution in [0.5, 0.6) is 0 Å². The summed E-state index contributed by atoms with van der Waals surface area (Å²) in [4.78, 5) is 41.1. The number of unbranched alkanes of at least 4 members (excludes halogenated alkanes) is 2. The summed E-state index contributed by atoms with van der Waals surface area (Å²) in [5, 5.41) is 0.641. The molecular formula is C16H25BrN4O4. The van der Waals surface area contributed by atoms with Crippen LogP contribution in [0.4, 0.5) is 11.5 Å². The molecule has 0 radical (unpaired) electrons. The minimum atomic E-state index is -0.398. The van der Waals surface area contributed by atoms with Gasteiger partial charge in [0.05, 0.1) is 6.67 Å². The van der Waals surface area contributed by atoms with Crippen molar-refractivity contribution < 1.29 is 9.53 Å². The fourth-order valence-corrected chi connectivity index (χ4v) is 3.58. The Morgan fingerprint density at radius 1 is 1.28 bits per heavy atom. The number of aromatic nitrogens is 2. The number of aromatic amines is 1. The average molecular weight is 417 g/mol. The molecule has 0 fully saturated rings. The summed E-state index contributed by atoms with van der Waals surface area (Å²) in [7, 11) is 3.52. The van der Waals surface area contributed by atoms with Crippen LogP contribution in [0.3, 0.4) is 0 Å². The van der Waals surface area contributed by atoms with Gasteiger partial charge in [0, 0.05) is 32.9 Å². The van der Waals surface area contributed by atoms with Gasteiger partial charge in [-0.25, -0.2) is 4.79 Å². The maximum Gasteiger partial charge on any atom is 0.329 e. The number of carbonyl (C=O) groups excluding carboxylic acids is 1. The van der Waals surface area contributed by atoms with Crippen LogP contribution >= 0.6 is 15.9 Å². The van der Waals surface area contributed by atoms with E-state index in [1.807, 2.05) is 11.9 Å². The van der Waals surface area contributed by atoms with Crippen LogP contribution in [0.2, 0.25) is 0 Å². The van der Waals surface area contributed by atoms with E-state index in [-0.39, 0.29) is 17.6 Å². The highest BCUT2D eigenvalue weighted by molar-refractivity contribution is 9.09. The van der Waals surface area contributed by atoms with E-state index in [1.54, 1.807) is 7.05 Å². The van der Waals surface area contributed by atoms with Gasteiger partial charge in [0.15, 0.2) is 0 Å². The fraction of sp³-hybridized carbons (Fsp3) is 0.688. The van der Waals surface area contributed by atoms with Crippen LogP contribution in [0.25, 0.3) is 0 Å². The lowest BCUT2D eigenvalue weighted by molar-refractivity contribution is -0.145. The first-order chi connectivity index (χ1) is 11.8. The summed E-state index contributed by atoms with van der Waals surface area (Å²) in [6.45, 7) is 2.77. The third-order valence-corrected chi connectivity index (χ3v) is 5.01. The van der Waals surface area contributed by atoms with Crippen molar-refractivity contribution in [3.63, 3.8) is 0 Å². The first kappa shape index (κ1) is 19.6. The number of hydrogen-bond acceptors (Lipinski definition) is 6. The molecule has 0 saturated carbocycles. The first-order valence-corrected chi connectivity index (χ1v) is 9.49. The second kappa shape index (κ2) is 8.55. The second-order valence-electron chi connectivity index (χ2n) is 6.33. The normalized spacial score (nSPS) is 14.6. The largest absolute Gasteiger partial charge is 0.462 e. The van der Waals surface area contributed by atoms with Gasteiger partial charge in [0.1, 0.15) is 17.6 Å². The molecule has 0 saturated heterocycles. The number of nitrogens with zero attached hydrogens (tertiary/aromatic N) is 3. The Kier molecular flexibility index (Phi) is 6.69. The molecule has 2 heterocycles. The lowest BCUT2D eigenvalue weighted by Gasteiger charge is -2.20. The summed E-state index contributed by atoms with van der Waals surface area (Å²) in [6.07, 6.45) is 3.60. The van der Waals surface area contributed by atoms with E-state index >= 15 is 0 Å². The van der Waals surface area contributed by atoms with Crippen LogP contribution < -0.4 is 21.0 Å². The number of halogens is 1. The van der Waals surface area contributed by atoms with Gasteiger partial charge in [-0.05, 0) is 19.3 Å². The number of hydrogen-bond donors (Lipinski definition) is 1. The maximum absolute atomic E-state index is 12.0. The average Bonchev–Trinajstić information content (AvgIpc) is 2.88. The molecule has 1 unspecified atom stereocenters. The molecule has 2 rings (SSSR count). The van der Waals surface area contributed by atoms with Crippen LogP contribution in [-0.4, -0.2) is 47.2 Å². The Morgan fingerprint density at radius 2 is 2.00 bits per heavy atom. The number of fused-ring (bicyclic) bond motifs is 1. The molecule has 1 atom stereocenters. The van der Waals surface area contributed by atoms with Crippen molar-refractivity contribution in [1.82, 2.24) is 9.55 Å². The van der Waals surface area contributed by atoms with Gasteiger partial charge in [-0.3, -0.25) is 19.1 Å². The fourth-order valence-electron chi connectivity index (χ4n) is 3.13. The molecule has 0 spiro atoms. The van der Waals surface area contributed by atoms with Gasteiger partial charge in [-0.15, -0.1) is 0 Å². The Bertz CT molecular complexity index is 730. The zero-order valence-corrected chi connectivity index (χ0v) is 16.5. The molecular weight excluding hydrogens is 392 g/mol. The predicted molar refractivity (Wildman–Crippen MR) is 101 cm³/mol. The summed E-state index contributed by atoms with van der Waals surface area (Å²) in [5.74, 6) is 0.418. The Morgan fingerprint density at radius 3 is 2.64 bits per heavy atom. The monoisotopic (exact) mass is 416 g/mol. The van der Waals surface area contributed by atoms with Crippen molar-refractivity contribution in [2.24, 2.45) is 7.05 Å². The summed E-state index contributed by atoms with van der Waals surface area (Å²) in [5.41, 5.74) is -0.202. The minimum Gasteiger partial charge on any atom is -0.462 e. The molecule has 0 amide bonds. The molecule has 140 valence electrons. The van der Waals surface area contributed by atoms with Gasteiger partial charge in [0.2, 0.25) is 0 Å². The topological polar surface area (TPSA) is 87.6 Å². The van der Waals surface area contributed by atoms with Crippen molar-refractivity contribution in [1.29, 1.82) is 0 Å². The highest BCUT2D eigenvalue weighted by atomic mass is 79.9. The number of carbonyl (C=O) groups is 1. The third kappa shape index (κ3) is 4.65. The zero-order chi connectivity index (χ0) is 18.6. The quantitative estimate of drug-likeness (QED) is 0.388. The summed E-state index contributed by atoms with van der Waals surface area (Å²) < 4.78 is 6.69. The molecule has 9 heteroatoms. The Labute approximate surface area is 154 Å². The van der Waals surface area contributed by atoms with Crippen LogP contribution in [0, 0.1) is 0 Å². The standard InChI is InChI=1S/C16H25BrN4O4/c1-11(22)25-12(9-17)7-5-4-6-8-21-10-19(2)13-14(23)18-16(24)20(3)15(13)21/h12H,4-10H2,1-3H3,(H,18,23,24). The van der Waals surface area contributed by atoms with Crippen molar-refractivity contribution in [2.45, 2.75) is 38.7 Å². The lowest BCUT2D eigenvalue weighted by Crippen LogP contribution is -2.32. The third-order valence-electron chi connectivity index (χ3n) is 4.29. The molecule has 0 aliphatic carbocycles. The van der Waals surface area contributed by atoms with E-state index in [2.05, 4.69) is 25.8 Å². The van der Waals surface area contributed by atoms with E-state index in [1.165, 1.54) is 11.5 Å². The smallest absolute Gasteiger partial charge is 0.329 e. The number of nitrogens with one attached hydrogen (secondary N) is 1. The van der Waals surface area contributed by atoms with E-state index < -0.39 is 5.69 Å². The van der Waals surface area contributed by atoms with Gasteiger partial charge in [-0.1, -0.05) is 22.4 Å². The van der Waals surface area contributed by atoms with E-state index in [0.717, 1.165) is 32.2 Å². The SMILES string of the molecule is CC(=O)OC(CBr)CCCCCN1CN(C)c2c1n(C)c(=O)[nH]c2=O. The number of H-pyrrole nitrogens is 1. The van der Waals surface area contributed by atoms with E-state index in [9.17, 15) is 14.4 Å². The van der Waals surface area contributed by atoms with E-state index in [4.69, 9.17) is 4.74 Å². The lowest BCUT2D eigenvalue weighted by atomic mass is 10.1. The molecule has 8 nitrogen and oxygen atoms in total. The number of anilines is 2. The highest BCUT2D eigenvalue weighted by Crippen LogP contribution is 2.29. The predicted octanol–water partition coefficient (Wildman–Crippen LogP) is 1.17. The van der Waals surface area contributed by atoms with Gasteiger partial charge in [-0.2, -0.15) is 0 Å². The molecule has 1 aromatic rings. The van der Waals surface area contributed by atoms with Crippen LogP contribution in [0.1, 0.15) is 32.6 Å². The maximum atomic E-state index is 12.0. The second-order valence-corrected chi connectivity index (χ2v) is 6.98. The molecule has 1 N–H and O–H groups in total. The molecule has 1 aliphatic rings. The number of esters is 1. The zero-order valence-electron chi connectivity index (χ0n) is 14.9. The molecule has 1 aliphatic heterocycles. The summed E-state index contributed by atoms with van der Waals surface area (Å²) >= 11 is 3.36. The van der Waals surface area contributed by atoms with Crippen LogP contribution in [-0.2, 0) is 16.6 Å².